The second kappa shape index (κ2) is 5.62. The number of carbonyl (C=O) groups is 1. The van der Waals surface area contributed by atoms with Gasteiger partial charge in [0.05, 0.1) is 0 Å². The lowest BCUT2D eigenvalue weighted by atomic mass is 9.68. The molecule has 0 radical (unpaired) electrons. The number of fused-ring (bicyclic) bond motifs is 2. The molecule has 1 N–H and O–H groups in total. The molecule has 0 aliphatic heterocycles. The Kier molecular flexibility index (Phi) is 3.99. The lowest BCUT2D eigenvalue weighted by Gasteiger charge is -2.43. The number of aliphatic hydroxyl groups is 1. The Morgan fingerprint density at radius 3 is 2.50 bits per heavy atom. The Morgan fingerprint density at radius 2 is 2.00 bits per heavy atom. The summed E-state index contributed by atoms with van der Waals surface area (Å²) >= 11 is 0. The molecular formula is C20H26O4. The van der Waals surface area contributed by atoms with Crippen molar-refractivity contribution in [3.05, 3.63) is 36.4 Å². The molecule has 3 rings (SSSR count). The Morgan fingerprint density at radius 1 is 1.33 bits per heavy atom. The second-order valence-electron chi connectivity index (χ2n) is 7.81. The van der Waals surface area contributed by atoms with Gasteiger partial charge in [0.25, 0.3) is 0 Å². The number of carbonyl (C=O) groups excluding carboxylic acids is 1. The molecule has 2 aliphatic rings. The van der Waals surface area contributed by atoms with Crippen LogP contribution in [0.5, 0.6) is 5.75 Å². The number of esters is 1. The number of hydrogen-bond acceptors (Lipinski definition) is 4. The first-order valence-electron chi connectivity index (χ1n) is 8.51. The van der Waals surface area contributed by atoms with Crippen LogP contribution in [0.15, 0.2) is 30.8 Å². The van der Waals surface area contributed by atoms with Crippen molar-refractivity contribution in [1.82, 2.24) is 0 Å². The minimum atomic E-state index is -1.40. The Labute approximate surface area is 143 Å². The van der Waals surface area contributed by atoms with Crippen LogP contribution in [-0.2, 0) is 9.53 Å². The molecule has 4 nitrogen and oxygen atoms in total. The summed E-state index contributed by atoms with van der Waals surface area (Å²) in [5.74, 6) is -0.960. The molecule has 4 heteroatoms. The molecule has 2 bridgehead atoms. The molecule has 0 amide bonds. The van der Waals surface area contributed by atoms with Crippen LogP contribution in [-0.4, -0.2) is 23.5 Å². The van der Waals surface area contributed by atoms with E-state index in [9.17, 15) is 9.90 Å². The molecule has 3 unspecified atom stereocenters. The van der Waals surface area contributed by atoms with E-state index < -0.39 is 17.2 Å². The molecule has 0 spiro atoms. The summed E-state index contributed by atoms with van der Waals surface area (Å²) in [5.41, 5.74) is 0.534. The van der Waals surface area contributed by atoms with Gasteiger partial charge >= 0.3 is 5.97 Å². The van der Waals surface area contributed by atoms with Crippen molar-refractivity contribution >= 4 is 12.0 Å². The minimum absolute atomic E-state index is 0.0383. The zero-order valence-corrected chi connectivity index (χ0v) is 14.7. The highest BCUT2D eigenvalue weighted by molar-refractivity contribution is 5.71. The summed E-state index contributed by atoms with van der Waals surface area (Å²) in [6, 6.07) is 7.28. The summed E-state index contributed by atoms with van der Waals surface area (Å²) in [6.07, 6.45) is 4.20. The second-order valence-corrected chi connectivity index (χ2v) is 7.81. The fraction of sp³-hybridized carbons (Fsp3) is 0.550. The smallest absolute Gasteiger partial charge is 0.346 e. The van der Waals surface area contributed by atoms with Gasteiger partial charge in [-0.25, -0.2) is 4.79 Å². The molecule has 24 heavy (non-hydrogen) atoms. The average molecular weight is 330 g/mol. The molecule has 0 aromatic heterocycles. The predicted molar refractivity (Wildman–Crippen MR) is 92.3 cm³/mol. The van der Waals surface area contributed by atoms with E-state index in [1.54, 1.807) is 18.2 Å². The van der Waals surface area contributed by atoms with Crippen molar-refractivity contribution in [1.29, 1.82) is 0 Å². The zero-order chi connectivity index (χ0) is 17.6. The predicted octanol–water partition coefficient (Wildman–Crippen LogP) is 3.79. The standard InChI is InChI=1S/C20H26O4/c1-5-14-6-8-16(9-7-14)23-13-17(21)24-20(22)12-15-10-11-19(20,4)18(15,2)3/h5-9,15,22H,1,10-13H2,2-4H3. The van der Waals surface area contributed by atoms with E-state index in [-0.39, 0.29) is 12.0 Å². The largest absolute Gasteiger partial charge is 0.482 e. The van der Waals surface area contributed by atoms with E-state index in [0.717, 1.165) is 18.4 Å². The summed E-state index contributed by atoms with van der Waals surface area (Å²) in [5, 5.41) is 11.0. The fourth-order valence-corrected chi connectivity index (χ4v) is 4.43. The van der Waals surface area contributed by atoms with E-state index in [1.807, 2.05) is 19.1 Å². The average Bonchev–Trinajstić information content (AvgIpc) is 2.85. The summed E-state index contributed by atoms with van der Waals surface area (Å²) in [6.45, 7) is 9.83. The molecule has 3 atom stereocenters. The first-order valence-corrected chi connectivity index (χ1v) is 8.51. The molecule has 0 saturated heterocycles. The van der Waals surface area contributed by atoms with E-state index in [1.165, 1.54) is 0 Å². The molecule has 2 aliphatic carbocycles. The Balaban J connectivity index is 1.62. The lowest BCUT2D eigenvalue weighted by molar-refractivity contribution is -0.261. The van der Waals surface area contributed by atoms with Crippen molar-refractivity contribution in [2.45, 2.75) is 45.8 Å². The van der Waals surface area contributed by atoms with Crippen molar-refractivity contribution in [2.24, 2.45) is 16.7 Å². The van der Waals surface area contributed by atoms with Crippen molar-refractivity contribution in [3.63, 3.8) is 0 Å². The molecular weight excluding hydrogens is 304 g/mol. The van der Waals surface area contributed by atoms with Crippen molar-refractivity contribution < 1.29 is 19.4 Å². The van der Waals surface area contributed by atoms with Gasteiger partial charge in [-0.05, 0) is 41.9 Å². The van der Waals surface area contributed by atoms with Crippen LogP contribution in [0.25, 0.3) is 6.08 Å². The Bertz CT molecular complexity index is 648. The SMILES string of the molecule is C=Cc1ccc(OCC(=O)OC2(O)CC3CCC2(C)C3(C)C)cc1. The van der Waals surface area contributed by atoms with Gasteiger partial charge < -0.3 is 14.6 Å². The van der Waals surface area contributed by atoms with Crippen LogP contribution >= 0.6 is 0 Å². The van der Waals surface area contributed by atoms with Gasteiger partial charge in [-0.1, -0.05) is 45.6 Å². The highest BCUT2D eigenvalue weighted by Crippen LogP contribution is 2.69. The number of benzene rings is 1. The molecule has 1 aromatic rings. The zero-order valence-electron chi connectivity index (χ0n) is 14.7. The maximum absolute atomic E-state index is 12.2. The molecule has 1 aromatic carbocycles. The summed E-state index contributed by atoms with van der Waals surface area (Å²) < 4.78 is 11.0. The van der Waals surface area contributed by atoms with Crippen LogP contribution in [0.2, 0.25) is 0 Å². The number of ether oxygens (including phenoxy) is 2. The quantitative estimate of drug-likeness (QED) is 0.659. The van der Waals surface area contributed by atoms with Gasteiger partial charge in [-0.15, -0.1) is 0 Å². The third-order valence-corrected chi connectivity index (χ3v) is 6.58. The van der Waals surface area contributed by atoms with E-state index in [2.05, 4.69) is 20.4 Å². The third kappa shape index (κ3) is 2.44. The van der Waals surface area contributed by atoms with Crippen LogP contribution in [0.1, 0.15) is 45.6 Å². The molecule has 0 heterocycles. The highest BCUT2D eigenvalue weighted by Gasteiger charge is 2.70. The monoisotopic (exact) mass is 330 g/mol. The van der Waals surface area contributed by atoms with E-state index in [0.29, 0.717) is 18.1 Å². The number of hydrogen-bond donors (Lipinski definition) is 1. The van der Waals surface area contributed by atoms with Crippen LogP contribution in [0.3, 0.4) is 0 Å². The van der Waals surface area contributed by atoms with Gasteiger partial charge in [0.2, 0.25) is 5.79 Å². The van der Waals surface area contributed by atoms with Crippen molar-refractivity contribution in [2.75, 3.05) is 6.61 Å². The van der Waals surface area contributed by atoms with Crippen molar-refractivity contribution in [3.8, 4) is 5.75 Å². The third-order valence-electron chi connectivity index (χ3n) is 6.58. The van der Waals surface area contributed by atoms with Crippen LogP contribution in [0.4, 0.5) is 0 Å². The van der Waals surface area contributed by atoms with Gasteiger partial charge in [-0.3, -0.25) is 0 Å². The Hall–Kier alpha value is -1.81. The van der Waals surface area contributed by atoms with Gasteiger partial charge in [0.1, 0.15) is 5.75 Å². The first kappa shape index (κ1) is 17.0. The van der Waals surface area contributed by atoms with Crippen LogP contribution < -0.4 is 4.74 Å². The topological polar surface area (TPSA) is 55.8 Å². The number of rotatable bonds is 5. The maximum Gasteiger partial charge on any atom is 0.346 e. The van der Waals surface area contributed by atoms with E-state index >= 15 is 0 Å². The van der Waals surface area contributed by atoms with E-state index in [4.69, 9.17) is 9.47 Å². The lowest BCUT2D eigenvalue weighted by Crippen LogP contribution is -2.50. The molecule has 2 saturated carbocycles. The molecule has 2 fully saturated rings. The van der Waals surface area contributed by atoms with Crippen LogP contribution in [0, 0.1) is 16.7 Å². The first-order chi connectivity index (χ1) is 11.2. The summed E-state index contributed by atoms with van der Waals surface area (Å²) in [7, 11) is 0. The maximum atomic E-state index is 12.2. The highest BCUT2D eigenvalue weighted by atomic mass is 16.7. The fourth-order valence-electron chi connectivity index (χ4n) is 4.43. The summed E-state index contributed by atoms with van der Waals surface area (Å²) in [4.78, 5) is 12.2. The van der Waals surface area contributed by atoms with Gasteiger partial charge in [0.15, 0.2) is 6.61 Å². The molecule has 130 valence electrons. The van der Waals surface area contributed by atoms with Gasteiger partial charge in [0, 0.05) is 11.8 Å². The minimum Gasteiger partial charge on any atom is -0.482 e. The van der Waals surface area contributed by atoms with Gasteiger partial charge in [-0.2, -0.15) is 0 Å². The normalized spacial score (nSPS) is 33.2.